The number of nitrogens with one attached hydrogen (secondary N) is 2. The van der Waals surface area contributed by atoms with Crippen molar-refractivity contribution in [2.75, 3.05) is 23.8 Å². The van der Waals surface area contributed by atoms with Crippen LogP contribution in [0, 0.1) is 5.92 Å². The van der Waals surface area contributed by atoms with E-state index in [9.17, 15) is 9.59 Å². The molecular formula is C19H24N4O3. The SMILES string of the molecule is CCOC(=O)c1ccc(NC(=O)c2ccnc(NCCC(C)C)n2)cc1. The summed E-state index contributed by atoms with van der Waals surface area (Å²) in [7, 11) is 0. The highest BCUT2D eigenvalue weighted by molar-refractivity contribution is 6.03. The van der Waals surface area contributed by atoms with Crippen LogP contribution in [0.2, 0.25) is 0 Å². The summed E-state index contributed by atoms with van der Waals surface area (Å²) in [5.41, 5.74) is 1.26. The van der Waals surface area contributed by atoms with Crippen molar-refractivity contribution in [3.05, 3.63) is 47.8 Å². The molecule has 0 radical (unpaired) electrons. The number of nitrogens with zero attached hydrogens (tertiary/aromatic N) is 2. The average Bonchev–Trinajstić information content (AvgIpc) is 2.62. The van der Waals surface area contributed by atoms with Crippen molar-refractivity contribution in [1.29, 1.82) is 0 Å². The predicted octanol–water partition coefficient (Wildman–Crippen LogP) is 3.36. The molecule has 0 saturated carbocycles. The number of ether oxygens (including phenoxy) is 1. The van der Waals surface area contributed by atoms with Gasteiger partial charge < -0.3 is 15.4 Å². The van der Waals surface area contributed by atoms with Gasteiger partial charge in [-0.1, -0.05) is 13.8 Å². The summed E-state index contributed by atoms with van der Waals surface area (Å²) < 4.78 is 4.93. The summed E-state index contributed by atoms with van der Waals surface area (Å²) >= 11 is 0. The first-order valence-corrected chi connectivity index (χ1v) is 8.65. The quantitative estimate of drug-likeness (QED) is 0.705. The van der Waals surface area contributed by atoms with Crippen molar-refractivity contribution in [2.45, 2.75) is 27.2 Å². The van der Waals surface area contributed by atoms with Gasteiger partial charge in [0, 0.05) is 18.4 Å². The molecule has 0 spiro atoms. The molecule has 0 unspecified atom stereocenters. The number of carbonyl (C=O) groups is 2. The van der Waals surface area contributed by atoms with E-state index in [0.717, 1.165) is 13.0 Å². The van der Waals surface area contributed by atoms with Crippen LogP contribution in [0.3, 0.4) is 0 Å². The molecule has 0 aliphatic rings. The number of esters is 1. The van der Waals surface area contributed by atoms with E-state index in [1.165, 1.54) is 0 Å². The summed E-state index contributed by atoms with van der Waals surface area (Å²) in [6.07, 6.45) is 2.54. The van der Waals surface area contributed by atoms with Gasteiger partial charge in [-0.2, -0.15) is 0 Å². The molecular weight excluding hydrogens is 332 g/mol. The normalized spacial score (nSPS) is 10.5. The Hall–Kier alpha value is -2.96. The van der Waals surface area contributed by atoms with Gasteiger partial charge in [0.25, 0.3) is 5.91 Å². The fourth-order valence-corrected chi connectivity index (χ4v) is 2.14. The van der Waals surface area contributed by atoms with E-state index in [1.54, 1.807) is 43.5 Å². The summed E-state index contributed by atoms with van der Waals surface area (Å²) in [6.45, 7) is 7.09. The molecule has 1 aromatic carbocycles. The Kier molecular flexibility index (Phi) is 7.08. The standard InChI is InChI=1S/C19H24N4O3/c1-4-26-18(25)14-5-7-15(8-6-14)22-17(24)16-10-12-21-19(23-16)20-11-9-13(2)3/h5-8,10,12-13H,4,9,11H2,1-3H3,(H,22,24)(H,20,21,23). The number of rotatable bonds is 8. The van der Waals surface area contributed by atoms with Crippen LogP contribution < -0.4 is 10.6 Å². The molecule has 2 aromatic rings. The molecule has 1 heterocycles. The molecule has 0 fully saturated rings. The zero-order valence-electron chi connectivity index (χ0n) is 15.3. The number of aromatic nitrogens is 2. The average molecular weight is 356 g/mol. The highest BCUT2D eigenvalue weighted by Gasteiger charge is 2.11. The third-order valence-electron chi connectivity index (χ3n) is 3.55. The second-order valence-corrected chi connectivity index (χ2v) is 6.13. The maximum atomic E-state index is 12.3. The molecule has 0 bridgehead atoms. The Labute approximate surface area is 153 Å². The summed E-state index contributed by atoms with van der Waals surface area (Å²) in [5.74, 6) is 0.268. The van der Waals surface area contributed by atoms with E-state index in [1.807, 2.05) is 0 Å². The molecule has 2 N–H and O–H groups in total. The van der Waals surface area contributed by atoms with Crippen LogP contribution in [0.4, 0.5) is 11.6 Å². The first kappa shape index (κ1) is 19.4. The van der Waals surface area contributed by atoms with Gasteiger partial charge in [0.2, 0.25) is 5.95 Å². The van der Waals surface area contributed by atoms with Gasteiger partial charge in [0.05, 0.1) is 12.2 Å². The Morgan fingerprint density at radius 1 is 1.15 bits per heavy atom. The van der Waals surface area contributed by atoms with Gasteiger partial charge >= 0.3 is 5.97 Å². The van der Waals surface area contributed by atoms with E-state index in [-0.39, 0.29) is 11.6 Å². The van der Waals surface area contributed by atoms with Gasteiger partial charge in [-0.25, -0.2) is 14.8 Å². The minimum Gasteiger partial charge on any atom is -0.462 e. The monoisotopic (exact) mass is 356 g/mol. The Morgan fingerprint density at radius 2 is 1.88 bits per heavy atom. The third kappa shape index (κ3) is 5.84. The van der Waals surface area contributed by atoms with Crippen LogP contribution in [-0.2, 0) is 4.74 Å². The topological polar surface area (TPSA) is 93.2 Å². The van der Waals surface area contributed by atoms with Gasteiger partial charge in [0.1, 0.15) is 5.69 Å². The first-order valence-electron chi connectivity index (χ1n) is 8.65. The van der Waals surface area contributed by atoms with Crippen molar-refractivity contribution >= 4 is 23.5 Å². The first-order chi connectivity index (χ1) is 12.5. The minimum absolute atomic E-state index is 0.265. The molecule has 0 aliphatic heterocycles. The highest BCUT2D eigenvalue weighted by atomic mass is 16.5. The van der Waals surface area contributed by atoms with E-state index < -0.39 is 5.97 Å². The maximum Gasteiger partial charge on any atom is 0.338 e. The van der Waals surface area contributed by atoms with E-state index in [2.05, 4.69) is 34.4 Å². The van der Waals surface area contributed by atoms with E-state index in [4.69, 9.17) is 4.74 Å². The fraction of sp³-hybridized carbons (Fsp3) is 0.368. The van der Waals surface area contributed by atoms with Gasteiger partial charge in [-0.15, -0.1) is 0 Å². The molecule has 7 heteroatoms. The van der Waals surface area contributed by atoms with E-state index in [0.29, 0.717) is 29.7 Å². The number of benzene rings is 1. The summed E-state index contributed by atoms with van der Waals surface area (Å²) in [6, 6.07) is 8.05. The van der Waals surface area contributed by atoms with Crippen LogP contribution >= 0.6 is 0 Å². The van der Waals surface area contributed by atoms with Crippen LogP contribution in [-0.4, -0.2) is 35.0 Å². The molecule has 1 amide bonds. The Balaban J connectivity index is 1.97. The largest absolute Gasteiger partial charge is 0.462 e. The minimum atomic E-state index is -0.390. The molecule has 2 rings (SSSR count). The Bertz CT molecular complexity index is 745. The zero-order chi connectivity index (χ0) is 18.9. The smallest absolute Gasteiger partial charge is 0.338 e. The van der Waals surface area contributed by atoms with Crippen molar-refractivity contribution in [3.8, 4) is 0 Å². The van der Waals surface area contributed by atoms with E-state index >= 15 is 0 Å². The molecule has 7 nitrogen and oxygen atoms in total. The van der Waals surface area contributed by atoms with Gasteiger partial charge in [0.15, 0.2) is 0 Å². The second kappa shape index (κ2) is 9.50. The number of amides is 1. The molecule has 138 valence electrons. The van der Waals surface area contributed by atoms with Crippen LogP contribution in [0.5, 0.6) is 0 Å². The van der Waals surface area contributed by atoms with Crippen molar-refractivity contribution in [2.24, 2.45) is 5.92 Å². The second-order valence-electron chi connectivity index (χ2n) is 6.13. The van der Waals surface area contributed by atoms with Crippen molar-refractivity contribution in [1.82, 2.24) is 9.97 Å². The highest BCUT2D eigenvalue weighted by Crippen LogP contribution is 2.12. The summed E-state index contributed by atoms with van der Waals surface area (Å²) in [4.78, 5) is 32.3. The fourth-order valence-electron chi connectivity index (χ4n) is 2.14. The van der Waals surface area contributed by atoms with Crippen LogP contribution in [0.25, 0.3) is 0 Å². The summed E-state index contributed by atoms with van der Waals surface area (Å²) in [5, 5.41) is 5.86. The number of anilines is 2. The van der Waals surface area contributed by atoms with Crippen LogP contribution in [0.1, 0.15) is 48.0 Å². The zero-order valence-corrected chi connectivity index (χ0v) is 15.3. The van der Waals surface area contributed by atoms with Crippen molar-refractivity contribution < 1.29 is 14.3 Å². The molecule has 26 heavy (non-hydrogen) atoms. The molecule has 0 atom stereocenters. The molecule has 0 aliphatic carbocycles. The maximum absolute atomic E-state index is 12.3. The Morgan fingerprint density at radius 3 is 2.54 bits per heavy atom. The lowest BCUT2D eigenvalue weighted by Crippen LogP contribution is -2.16. The lowest BCUT2D eigenvalue weighted by Gasteiger charge is -2.09. The molecule has 0 saturated heterocycles. The number of hydrogen-bond donors (Lipinski definition) is 2. The number of hydrogen-bond acceptors (Lipinski definition) is 6. The lowest BCUT2D eigenvalue weighted by molar-refractivity contribution is 0.0526. The lowest BCUT2D eigenvalue weighted by atomic mass is 10.1. The van der Waals surface area contributed by atoms with Crippen molar-refractivity contribution in [3.63, 3.8) is 0 Å². The third-order valence-corrected chi connectivity index (χ3v) is 3.55. The number of carbonyl (C=O) groups excluding carboxylic acids is 2. The predicted molar refractivity (Wildman–Crippen MR) is 100 cm³/mol. The van der Waals surface area contributed by atoms with Gasteiger partial charge in [-0.3, -0.25) is 4.79 Å². The van der Waals surface area contributed by atoms with Crippen LogP contribution in [0.15, 0.2) is 36.5 Å². The molecule has 1 aromatic heterocycles. The van der Waals surface area contributed by atoms with Gasteiger partial charge in [-0.05, 0) is 49.6 Å².